The van der Waals surface area contributed by atoms with E-state index in [0.717, 1.165) is 30.4 Å². The summed E-state index contributed by atoms with van der Waals surface area (Å²) in [5.41, 5.74) is 0. The predicted octanol–water partition coefficient (Wildman–Crippen LogP) is 3.63. The Labute approximate surface area is 122 Å². The molecule has 1 aromatic carbocycles. The van der Waals surface area contributed by atoms with E-state index < -0.39 is 0 Å². The molecule has 3 heteroatoms. The Balaban J connectivity index is 2.03. The molecular formula is C17H27NO2. The van der Waals surface area contributed by atoms with E-state index >= 15 is 0 Å². The van der Waals surface area contributed by atoms with Crippen molar-refractivity contribution in [3.05, 3.63) is 24.3 Å². The minimum atomic E-state index is 0.260. The highest BCUT2D eigenvalue weighted by Crippen LogP contribution is 2.29. The molecule has 1 aliphatic carbocycles. The molecule has 1 aliphatic rings. The third kappa shape index (κ3) is 4.14. The summed E-state index contributed by atoms with van der Waals surface area (Å²) in [6, 6.07) is 8.44. The first-order valence-corrected chi connectivity index (χ1v) is 7.85. The summed E-state index contributed by atoms with van der Waals surface area (Å²) in [5.74, 6) is 2.54. The predicted molar refractivity (Wildman–Crippen MR) is 82.5 cm³/mol. The maximum Gasteiger partial charge on any atom is 0.123 e. The summed E-state index contributed by atoms with van der Waals surface area (Å²) in [7, 11) is 0. The van der Waals surface area contributed by atoms with Crippen LogP contribution in [0.25, 0.3) is 0 Å². The highest BCUT2D eigenvalue weighted by atomic mass is 16.5. The van der Waals surface area contributed by atoms with Gasteiger partial charge in [0.25, 0.3) is 0 Å². The van der Waals surface area contributed by atoms with Crippen molar-refractivity contribution in [2.24, 2.45) is 5.92 Å². The van der Waals surface area contributed by atoms with Crippen LogP contribution in [0.2, 0.25) is 0 Å². The van der Waals surface area contributed by atoms with Crippen LogP contribution in [0.15, 0.2) is 24.3 Å². The lowest BCUT2D eigenvalue weighted by atomic mass is 9.85. The zero-order valence-corrected chi connectivity index (χ0v) is 12.9. The number of likely N-dealkylation sites (N-methyl/N-ethyl adjacent to an activating group) is 1. The summed E-state index contributed by atoms with van der Waals surface area (Å²) in [5, 5.41) is 3.56. The van der Waals surface area contributed by atoms with Gasteiger partial charge in [0, 0.05) is 12.1 Å². The van der Waals surface area contributed by atoms with Crippen LogP contribution in [-0.4, -0.2) is 25.3 Å². The summed E-state index contributed by atoms with van der Waals surface area (Å²) in [6.07, 6.45) is 3.87. The smallest absolute Gasteiger partial charge is 0.123 e. The topological polar surface area (TPSA) is 30.5 Å². The van der Waals surface area contributed by atoms with E-state index in [0.29, 0.717) is 12.6 Å². The van der Waals surface area contributed by atoms with E-state index in [-0.39, 0.29) is 6.10 Å². The van der Waals surface area contributed by atoms with Crippen LogP contribution in [0.1, 0.15) is 40.0 Å². The fourth-order valence-corrected chi connectivity index (χ4v) is 2.93. The summed E-state index contributed by atoms with van der Waals surface area (Å²) < 4.78 is 11.8. The van der Waals surface area contributed by atoms with Crippen molar-refractivity contribution in [1.29, 1.82) is 0 Å². The fourth-order valence-electron chi connectivity index (χ4n) is 2.93. The highest BCUT2D eigenvalue weighted by Gasteiger charge is 2.29. The Hall–Kier alpha value is -1.22. The molecule has 112 valence electrons. The second-order valence-corrected chi connectivity index (χ2v) is 5.65. The van der Waals surface area contributed by atoms with E-state index in [1.54, 1.807) is 0 Å². The first kappa shape index (κ1) is 15.2. The molecule has 3 unspecified atom stereocenters. The molecular weight excluding hydrogens is 250 g/mol. The Bertz CT molecular complexity index is 408. The number of nitrogens with one attached hydrogen (secondary N) is 1. The van der Waals surface area contributed by atoms with Crippen molar-refractivity contribution in [2.75, 3.05) is 13.2 Å². The number of hydrogen-bond acceptors (Lipinski definition) is 3. The molecule has 0 spiro atoms. The minimum Gasteiger partial charge on any atom is -0.494 e. The molecule has 0 saturated heterocycles. The van der Waals surface area contributed by atoms with Crippen molar-refractivity contribution < 1.29 is 9.47 Å². The van der Waals surface area contributed by atoms with Crippen molar-refractivity contribution in [3.63, 3.8) is 0 Å². The molecule has 0 heterocycles. The molecule has 0 amide bonds. The molecule has 0 aliphatic heterocycles. The Morgan fingerprint density at radius 3 is 2.75 bits per heavy atom. The van der Waals surface area contributed by atoms with Crippen LogP contribution < -0.4 is 14.8 Å². The van der Waals surface area contributed by atoms with Crippen LogP contribution in [0, 0.1) is 5.92 Å². The molecule has 2 rings (SSSR count). The summed E-state index contributed by atoms with van der Waals surface area (Å²) >= 11 is 0. The number of rotatable bonds is 6. The average Bonchev–Trinajstić information content (AvgIpc) is 2.43. The Morgan fingerprint density at radius 1 is 1.20 bits per heavy atom. The normalized spacial score (nSPS) is 26.2. The zero-order valence-electron chi connectivity index (χ0n) is 12.9. The van der Waals surface area contributed by atoms with Gasteiger partial charge in [0.1, 0.15) is 17.6 Å². The lowest BCUT2D eigenvalue weighted by Crippen LogP contribution is -2.46. The molecule has 3 atom stereocenters. The van der Waals surface area contributed by atoms with Gasteiger partial charge in [-0.3, -0.25) is 0 Å². The quantitative estimate of drug-likeness (QED) is 0.861. The first-order chi connectivity index (χ1) is 9.72. The van der Waals surface area contributed by atoms with Gasteiger partial charge in [-0.15, -0.1) is 0 Å². The maximum atomic E-state index is 6.24. The van der Waals surface area contributed by atoms with Gasteiger partial charge >= 0.3 is 0 Å². The number of benzene rings is 1. The monoisotopic (exact) mass is 277 g/mol. The Kier molecular flexibility index (Phi) is 5.72. The van der Waals surface area contributed by atoms with Gasteiger partial charge in [-0.25, -0.2) is 0 Å². The van der Waals surface area contributed by atoms with Gasteiger partial charge in [0.2, 0.25) is 0 Å². The van der Waals surface area contributed by atoms with Gasteiger partial charge in [0.05, 0.1) is 6.61 Å². The maximum absolute atomic E-state index is 6.24. The fraction of sp³-hybridized carbons (Fsp3) is 0.647. The third-order valence-corrected chi connectivity index (χ3v) is 3.92. The van der Waals surface area contributed by atoms with Crippen LogP contribution in [0.5, 0.6) is 11.5 Å². The molecule has 1 fully saturated rings. The molecule has 0 bridgehead atoms. The van der Waals surface area contributed by atoms with Crippen LogP contribution in [0.4, 0.5) is 0 Å². The third-order valence-electron chi connectivity index (χ3n) is 3.92. The number of ether oxygens (including phenoxy) is 2. The molecule has 0 radical (unpaired) electrons. The lowest BCUT2D eigenvalue weighted by Gasteiger charge is -2.35. The highest BCUT2D eigenvalue weighted by molar-refractivity contribution is 5.33. The zero-order chi connectivity index (χ0) is 14.4. The number of hydrogen-bond donors (Lipinski definition) is 1. The van der Waals surface area contributed by atoms with Crippen LogP contribution in [-0.2, 0) is 0 Å². The van der Waals surface area contributed by atoms with Crippen molar-refractivity contribution in [2.45, 2.75) is 52.2 Å². The van der Waals surface area contributed by atoms with Crippen molar-refractivity contribution >= 4 is 0 Å². The molecule has 0 aromatic heterocycles. The lowest BCUT2D eigenvalue weighted by molar-refractivity contribution is 0.0913. The molecule has 20 heavy (non-hydrogen) atoms. The standard InChI is InChI=1S/C17H27NO2/c1-4-18-16-10-9-13(3)11-17(16)20-15-8-6-7-14(12-15)19-5-2/h6-8,12-13,16-18H,4-5,9-11H2,1-3H3. The van der Waals surface area contributed by atoms with Gasteiger partial charge in [0.15, 0.2) is 0 Å². The van der Waals surface area contributed by atoms with Gasteiger partial charge < -0.3 is 14.8 Å². The minimum absolute atomic E-state index is 0.260. The largest absolute Gasteiger partial charge is 0.494 e. The molecule has 1 saturated carbocycles. The van der Waals surface area contributed by atoms with E-state index in [4.69, 9.17) is 9.47 Å². The summed E-state index contributed by atoms with van der Waals surface area (Å²) in [4.78, 5) is 0. The van der Waals surface area contributed by atoms with E-state index in [2.05, 4.69) is 19.2 Å². The van der Waals surface area contributed by atoms with Crippen LogP contribution in [0.3, 0.4) is 0 Å². The molecule has 3 nitrogen and oxygen atoms in total. The van der Waals surface area contributed by atoms with Crippen molar-refractivity contribution in [3.8, 4) is 11.5 Å². The van der Waals surface area contributed by atoms with Crippen LogP contribution >= 0.6 is 0 Å². The average molecular weight is 277 g/mol. The van der Waals surface area contributed by atoms with E-state index in [1.807, 2.05) is 31.2 Å². The molecule has 1 aromatic rings. The van der Waals surface area contributed by atoms with Gasteiger partial charge in [-0.05, 0) is 50.8 Å². The summed E-state index contributed by atoms with van der Waals surface area (Å²) in [6.45, 7) is 8.15. The van der Waals surface area contributed by atoms with E-state index in [9.17, 15) is 0 Å². The SMILES string of the molecule is CCNC1CCC(C)CC1Oc1cccc(OCC)c1. The molecule has 1 N–H and O–H groups in total. The second-order valence-electron chi connectivity index (χ2n) is 5.65. The van der Waals surface area contributed by atoms with Crippen molar-refractivity contribution in [1.82, 2.24) is 5.32 Å². The Morgan fingerprint density at radius 2 is 2.00 bits per heavy atom. The second kappa shape index (κ2) is 7.53. The van der Waals surface area contributed by atoms with Gasteiger partial charge in [-0.2, -0.15) is 0 Å². The van der Waals surface area contributed by atoms with Gasteiger partial charge in [-0.1, -0.05) is 19.9 Å². The van der Waals surface area contributed by atoms with E-state index in [1.165, 1.54) is 12.8 Å². The first-order valence-electron chi connectivity index (χ1n) is 7.85.